The Hall–Kier alpha value is -3.93. The highest BCUT2D eigenvalue weighted by molar-refractivity contribution is 6.45. The molecule has 3 aromatic carbocycles. The van der Waals surface area contributed by atoms with E-state index < -0.39 is 0 Å². The summed E-state index contributed by atoms with van der Waals surface area (Å²) >= 11 is 0. The Bertz CT molecular complexity index is 1290. The lowest BCUT2D eigenvalue weighted by Crippen LogP contribution is -2.47. The van der Waals surface area contributed by atoms with Gasteiger partial charge in [-0.2, -0.15) is 0 Å². The maximum Gasteiger partial charge on any atom is 0.282 e. The van der Waals surface area contributed by atoms with E-state index in [2.05, 4.69) is 30.0 Å². The van der Waals surface area contributed by atoms with Crippen molar-refractivity contribution < 1.29 is 14.0 Å². The van der Waals surface area contributed by atoms with Crippen LogP contribution in [0.5, 0.6) is 0 Å². The van der Waals surface area contributed by atoms with Crippen LogP contribution in [0.4, 0.5) is 15.8 Å². The van der Waals surface area contributed by atoms with E-state index in [4.69, 9.17) is 0 Å². The summed E-state index contributed by atoms with van der Waals surface area (Å²) in [6, 6.07) is 21.5. The molecule has 2 aliphatic heterocycles. The standard InChI is InChI=1S/C28H26FN3O2/c1-19-6-5-8-23(18-19)30-14-16-31(17-15-30)26-25(21-10-12-22(29)13-11-21)27(33)32(28(26)34)24-9-4-3-7-20(24)2/h3-13,18H,14-17H2,1-2H3. The van der Waals surface area contributed by atoms with Crippen molar-refractivity contribution >= 4 is 28.8 Å². The molecule has 3 aromatic rings. The first-order chi connectivity index (χ1) is 16.4. The van der Waals surface area contributed by atoms with Crippen molar-refractivity contribution in [2.24, 2.45) is 0 Å². The molecule has 1 saturated heterocycles. The summed E-state index contributed by atoms with van der Waals surface area (Å²) in [5, 5.41) is 0. The fourth-order valence-corrected chi connectivity index (χ4v) is 4.73. The summed E-state index contributed by atoms with van der Waals surface area (Å²) in [7, 11) is 0. The molecule has 2 amide bonds. The van der Waals surface area contributed by atoms with Gasteiger partial charge in [-0.15, -0.1) is 0 Å². The molecule has 172 valence electrons. The van der Waals surface area contributed by atoms with Crippen LogP contribution in [0.3, 0.4) is 0 Å². The van der Waals surface area contributed by atoms with Crippen molar-refractivity contribution in [3.8, 4) is 0 Å². The minimum Gasteiger partial charge on any atom is -0.368 e. The Kier molecular flexibility index (Phi) is 5.65. The average molecular weight is 456 g/mol. The monoisotopic (exact) mass is 455 g/mol. The quantitative estimate of drug-likeness (QED) is 0.542. The van der Waals surface area contributed by atoms with E-state index in [-0.39, 0.29) is 17.6 Å². The Labute approximate surface area is 198 Å². The van der Waals surface area contributed by atoms with E-state index in [1.54, 1.807) is 18.2 Å². The van der Waals surface area contributed by atoms with E-state index in [9.17, 15) is 14.0 Å². The molecular formula is C28H26FN3O2. The highest BCUT2D eigenvalue weighted by Gasteiger charge is 2.43. The normalized spacial score (nSPS) is 16.6. The molecule has 0 aliphatic carbocycles. The zero-order chi connectivity index (χ0) is 23.8. The van der Waals surface area contributed by atoms with Crippen molar-refractivity contribution in [2.75, 3.05) is 36.0 Å². The van der Waals surface area contributed by atoms with Crippen LogP contribution >= 0.6 is 0 Å². The number of amides is 2. The third-order valence-electron chi connectivity index (χ3n) is 6.51. The number of carbonyl (C=O) groups is 2. The number of halogens is 1. The van der Waals surface area contributed by atoms with Crippen molar-refractivity contribution in [2.45, 2.75) is 13.8 Å². The van der Waals surface area contributed by atoms with Gasteiger partial charge in [0.25, 0.3) is 11.8 Å². The van der Waals surface area contributed by atoms with Gasteiger partial charge in [0.15, 0.2) is 0 Å². The molecular weight excluding hydrogens is 429 g/mol. The molecule has 1 fully saturated rings. The lowest BCUT2D eigenvalue weighted by Gasteiger charge is -2.37. The number of rotatable bonds is 4. The van der Waals surface area contributed by atoms with Crippen LogP contribution in [0.1, 0.15) is 16.7 Å². The molecule has 0 N–H and O–H groups in total. The van der Waals surface area contributed by atoms with Crippen LogP contribution in [-0.2, 0) is 9.59 Å². The number of hydrogen-bond donors (Lipinski definition) is 0. The largest absolute Gasteiger partial charge is 0.368 e. The van der Waals surface area contributed by atoms with Crippen LogP contribution in [0.25, 0.3) is 5.57 Å². The van der Waals surface area contributed by atoms with Gasteiger partial charge in [0, 0.05) is 31.9 Å². The number of nitrogens with zero attached hydrogens (tertiary/aromatic N) is 3. The van der Waals surface area contributed by atoms with Crippen molar-refractivity contribution in [1.82, 2.24) is 4.90 Å². The van der Waals surface area contributed by atoms with Gasteiger partial charge in [-0.25, -0.2) is 9.29 Å². The third-order valence-corrected chi connectivity index (χ3v) is 6.51. The molecule has 34 heavy (non-hydrogen) atoms. The molecule has 0 aromatic heterocycles. The van der Waals surface area contributed by atoms with Gasteiger partial charge in [0.2, 0.25) is 0 Å². The fraction of sp³-hybridized carbons (Fsp3) is 0.214. The minimum absolute atomic E-state index is 0.331. The molecule has 0 atom stereocenters. The topological polar surface area (TPSA) is 43.9 Å². The number of carbonyl (C=O) groups excluding carboxylic acids is 2. The SMILES string of the molecule is Cc1cccc(N2CCN(C3=C(c4ccc(F)cc4)C(=O)N(c4ccccc4C)C3=O)CC2)c1. The number of aryl methyl sites for hydroxylation is 2. The van der Waals surface area contributed by atoms with Gasteiger partial charge < -0.3 is 9.80 Å². The van der Waals surface area contributed by atoms with E-state index in [1.807, 2.05) is 36.1 Å². The summed E-state index contributed by atoms with van der Waals surface area (Å²) in [6.07, 6.45) is 0. The number of imide groups is 1. The molecule has 0 bridgehead atoms. The van der Waals surface area contributed by atoms with Crippen LogP contribution in [-0.4, -0.2) is 42.9 Å². The number of anilines is 2. The molecule has 5 rings (SSSR count). The van der Waals surface area contributed by atoms with E-state index >= 15 is 0 Å². The highest BCUT2D eigenvalue weighted by Crippen LogP contribution is 2.36. The van der Waals surface area contributed by atoms with Crippen LogP contribution < -0.4 is 9.80 Å². The third kappa shape index (κ3) is 3.85. The molecule has 6 heteroatoms. The lowest BCUT2D eigenvalue weighted by atomic mass is 10.0. The summed E-state index contributed by atoms with van der Waals surface area (Å²) in [5.74, 6) is -1.09. The minimum atomic E-state index is -0.384. The number of para-hydroxylation sites is 1. The number of piperazine rings is 1. The Morgan fingerprint density at radius 2 is 1.41 bits per heavy atom. The Balaban J connectivity index is 1.50. The van der Waals surface area contributed by atoms with Gasteiger partial charge in [0.1, 0.15) is 11.5 Å². The summed E-state index contributed by atoms with van der Waals surface area (Å²) < 4.78 is 13.6. The van der Waals surface area contributed by atoms with Gasteiger partial charge >= 0.3 is 0 Å². The molecule has 2 aliphatic rings. The van der Waals surface area contributed by atoms with E-state index in [1.165, 1.54) is 22.6 Å². The Morgan fingerprint density at radius 3 is 2.09 bits per heavy atom. The van der Waals surface area contributed by atoms with Crippen LogP contribution in [0.2, 0.25) is 0 Å². The smallest absolute Gasteiger partial charge is 0.282 e. The second-order valence-corrected chi connectivity index (χ2v) is 8.78. The van der Waals surface area contributed by atoms with Crippen molar-refractivity contribution in [3.63, 3.8) is 0 Å². The number of hydrogen-bond acceptors (Lipinski definition) is 4. The Morgan fingerprint density at radius 1 is 0.735 bits per heavy atom. The van der Waals surface area contributed by atoms with Gasteiger partial charge in [-0.05, 0) is 60.9 Å². The first kappa shape index (κ1) is 21.9. The summed E-state index contributed by atoms with van der Waals surface area (Å²) in [4.78, 5) is 32.9. The second-order valence-electron chi connectivity index (χ2n) is 8.78. The first-order valence-electron chi connectivity index (χ1n) is 11.5. The average Bonchev–Trinajstić information content (AvgIpc) is 3.10. The molecule has 0 saturated carbocycles. The zero-order valence-corrected chi connectivity index (χ0v) is 19.3. The van der Waals surface area contributed by atoms with Gasteiger partial charge in [-0.1, -0.05) is 42.5 Å². The van der Waals surface area contributed by atoms with Crippen molar-refractivity contribution in [1.29, 1.82) is 0 Å². The van der Waals surface area contributed by atoms with E-state index in [0.29, 0.717) is 35.6 Å². The van der Waals surface area contributed by atoms with Gasteiger partial charge in [0.05, 0.1) is 11.3 Å². The number of benzene rings is 3. The first-order valence-corrected chi connectivity index (χ1v) is 11.5. The molecule has 0 radical (unpaired) electrons. The van der Waals surface area contributed by atoms with Crippen LogP contribution in [0, 0.1) is 19.7 Å². The maximum absolute atomic E-state index is 13.7. The molecule has 0 unspecified atom stereocenters. The lowest BCUT2D eigenvalue weighted by molar-refractivity contribution is -0.120. The highest BCUT2D eigenvalue weighted by atomic mass is 19.1. The van der Waals surface area contributed by atoms with E-state index in [0.717, 1.165) is 24.3 Å². The molecule has 2 heterocycles. The molecule has 0 spiro atoms. The van der Waals surface area contributed by atoms with Crippen LogP contribution in [0.15, 0.2) is 78.5 Å². The van der Waals surface area contributed by atoms with Gasteiger partial charge in [-0.3, -0.25) is 9.59 Å². The second kappa shape index (κ2) is 8.78. The summed E-state index contributed by atoms with van der Waals surface area (Å²) in [5.41, 5.74) is 5.04. The zero-order valence-electron chi connectivity index (χ0n) is 19.3. The van der Waals surface area contributed by atoms with Crippen molar-refractivity contribution in [3.05, 3.63) is 101 Å². The predicted octanol–water partition coefficient (Wildman–Crippen LogP) is 4.55. The summed E-state index contributed by atoms with van der Waals surface area (Å²) in [6.45, 7) is 6.63. The fourth-order valence-electron chi connectivity index (χ4n) is 4.73. The maximum atomic E-state index is 13.7. The molecule has 5 nitrogen and oxygen atoms in total. The predicted molar refractivity (Wildman–Crippen MR) is 132 cm³/mol.